The Kier molecular flexibility index (Phi) is 8.15. The summed E-state index contributed by atoms with van der Waals surface area (Å²) in [7, 11) is 0. The van der Waals surface area contributed by atoms with Gasteiger partial charge in [-0.3, -0.25) is 25.0 Å². The number of nitro benzene ring substituents is 2. The number of phenols is 4. The summed E-state index contributed by atoms with van der Waals surface area (Å²) in [5.41, 5.74) is -0.740. The van der Waals surface area contributed by atoms with E-state index in [-0.39, 0.29) is 18.4 Å². The highest BCUT2D eigenvalue weighted by molar-refractivity contribution is 5.66. The number of carbonyl (C=O) groups is 1. The number of nitro groups is 2. The number of rotatable bonds is 7. The Bertz CT molecular complexity index is 913. The van der Waals surface area contributed by atoms with E-state index in [1.165, 1.54) is 24.3 Å². The summed E-state index contributed by atoms with van der Waals surface area (Å²) in [6.07, 6.45) is 1.13. The highest BCUT2D eigenvalue weighted by Gasteiger charge is 2.22. The SMILES string of the molecule is O=C(O)CCCCc1ccc(O)c(O)c1[N+](=O)[O-].O=[N+]([O-])c1cccc(O)c1O. The Morgan fingerprint density at radius 1 is 0.862 bits per heavy atom. The molecule has 0 aromatic heterocycles. The second kappa shape index (κ2) is 10.3. The van der Waals surface area contributed by atoms with Crippen molar-refractivity contribution < 1.29 is 40.2 Å². The molecule has 0 spiro atoms. The fourth-order valence-electron chi connectivity index (χ4n) is 2.27. The van der Waals surface area contributed by atoms with Crippen molar-refractivity contribution in [1.82, 2.24) is 0 Å². The van der Waals surface area contributed by atoms with Gasteiger partial charge in [0.05, 0.1) is 9.85 Å². The smallest absolute Gasteiger partial charge is 0.317 e. The zero-order chi connectivity index (χ0) is 22.1. The molecule has 5 N–H and O–H groups in total. The number of hydrogen-bond acceptors (Lipinski definition) is 9. The summed E-state index contributed by atoms with van der Waals surface area (Å²) in [6, 6.07) is 6.09. The maximum atomic E-state index is 10.8. The van der Waals surface area contributed by atoms with Gasteiger partial charge in [-0.05, 0) is 37.5 Å². The highest BCUT2D eigenvalue weighted by atomic mass is 16.6. The molecular weight excluding hydrogens is 392 g/mol. The number of carboxylic acids is 1. The Morgan fingerprint density at radius 2 is 1.48 bits per heavy atom. The first-order valence-electron chi connectivity index (χ1n) is 8.11. The predicted molar refractivity (Wildman–Crippen MR) is 98.0 cm³/mol. The second-order valence-electron chi connectivity index (χ2n) is 5.70. The maximum absolute atomic E-state index is 10.8. The second-order valence-corrected chi connectivity index (χ2v) is 5.70. The van der Waals surface area contributed by atoms with E-state index < -0.39 is 50.2 Å². The van der Waals surface area contributed by atoms with Crippen LogP contribution in [0.15, 0.2) is 30.3 Å². The molecule has 29 heavy (non-hydrogen) atoms. The van der Waals surface area contributed by atoms with Crippen molar-refractivity contribution in [2.75, 3.05) is 0 Å². The number of nitrogens with zero attached hydrogens (tertiary/aromatic N) is 2. The average Bonchev–Trinajstić information content (AvgIpc) is 2.63. The third kappa shape index (κ3) is 6.53. The standard InChI is InChI=1S/C11H13NO6.C6H5NO4/c13-8-6-5-7(3-1-2-4-9(14)15)10(11(8)16)12(17)18;8-5-3-1-2-4(6(5)9)7(10)11/h5-6,13,16H,1-4H2,(H,14,15);1-3,8-9H. The third-order valence-electron chi connectivity index (χ3n) is 3.67. The summed E-state index contributed by atoms with van der Waals surface area (Å²) in [4.78, 5) is 29.7. The molecule has 2 aromatic rings. The van der Waals surface area contributed by atoms with Gasteiger partial charge in [0.1, 0.15) is 0 Å². The summed E-state index contributed by atoms with van der Waals surface area (Å²) < 4.78 is 0. The Balaban J connectivity index is 0.000000326. The number of aromatic hydroxyl groups is 4. The van der Waals surface area contributed by atoms with Crippen molar-refractivity contribution in [2.45, 2.75) is 25.7 Å². The molecule has 0 aliphatic heterocycles. The van der Waals surface area contributed by atoms with Crippen LogP contribution in [0.5, 0.6) is 23.0 Å². The molecule has 0 bridgehead atoms. The number of aliphatic carboxylic acids is 1. The number of benzene rings is 2. The Labute approximate surface area is 163 Å². The quantitative estimate of drug-likeness (QED) is 0.195. The fraction of sp³-hybridized carbons (Fsp3) is 0.235. The molecule has 0 atom stereocenters. The number of aryl methyl sites for hydroxylation is 1. The van der Waals surface area contributed by atoms with Crippen molar-refractivity contribution in [2.24, 2.45) is 0 Å². The molecule has 0 amide bonds. The topological polar surface area (TPSA) is 204 Å². The van der Waals surface area contributed by atoms with Gasteiger partial charge in [0, 0.05) is 18.1 Å². The molecule has 0 aliphatic carbocycles. The molecule has 0 saturated carbocycles. The average molecular weight is 410 g/mol. The van der Waals surface area contributed by atoms with E-state index in [1.54, 1.807) is 0 Å². The largest absolute Gasteiger partial charge is 0.504 e. The summed E-state index contributed by atoms with van der Waals surface area (Å²) >= 11 is 0. The molecule has 0 unspecified atom stereocenters. The fourth-order valence-corrected chi connectivity index (χ4v) is 2.27. The Hall–Kier alpha value is -4.09. The molecule has 0 saturated heterocycles. The van der Waals surface area contributed by atoms with Gasteiger partial charge in [-0.2, -0.15) is 0 Å². The molecule has 156 valence electrons. The first-order valence-corrected chi connectivity index (χ1v) is 8.11. The van der Waals surface area contributed by atoms with Crippen molar-refractivity contribution in [3.63, 3.8) is 0 Å². The van der Waals surface area contributed by atoms with Gasteiger partial charge in [-0.15, -0.1) is 0 Å². The zero-order valence-electron chi connectivity index (χ0n) is 14.9. The third-order valence-corrected chi connectivity index (χ3v) is 3.67. The lowest BCUT2D eigenvalue weighted by Crippen LogP contribution is -1.98. The monoisotopic (exact) mass is 410 g/mol. The van der Waals surface area contributed by atoms with Crippen LogP contribution in [-0.2, 0) is 11.2 Å². The lowest BCUT2D eigenvalue weighted by Gasteiger charge is -2.05. The molecule has 0 fully saturated rings. The molecule has 2 aromatic carbocycles. The van der Waals surface area contributed by atoms with Gasteiger partial charge in [0.2, 0.25) is 11.5 Å². The Morgan fingerprint density at radius 3 is 2.00 bits per heavy atom. The van der Waals surface area contributed by atoms with Crippen LogP contribution in [0.2, 0.25) is 0 Å². The van der Waals surface area contributed by atoms with Crippen LogP contribution in [0.3, 0.4) is 0 Å². The van der Waals surface area contributed by atoms with Crippen LogP contribution in [0.1, 0.15) is 24.8 Å². The van der Waals surface area contributed by atoms with Crippen LogP contribution in [0, 0.1) is 20.2 Å². The van der Waals surface area contributed by atoms with Gasteiger partial charge < -0.3 is 25.5 Å². The minimum absolute atomic E-state index is 0.00212. The number of para-hydroxylation sites is 1. The zero-order valence-corrected chi connectivity index (χ0v) is 14.9. The van der Waals surface area contributed by atoms with Crippen LogP contribution in [0.25, 0.3) is 0 Å². The molecule has 0 heterocycles. The van der Waals surface area contributed by atoms with Crippen molar-refractivity contribution in [1.29, 1.82) is 0 Å². The van der Waals surface area contributed by atoms with Crippen molar-refractivity contribution in [3.8, 4) is 23.0 Å². The molecule has 12 heteroatoms. The number of hydrogen-bond donors (Lipinski definition) is 5. The minimum Gasteiger partial charge on any atom is -0.504 e. The summed E-state index contributed by atoms with van der Waals surface area (Å²) in [5, 5.41) is 65.6. The van der Waals surface area contributed by atoms with Crippen molar-refractivity contribution >= 4 is 17.3 Å². The first-order chi connectivity index (χ1) is 13.6. The lowest BCUT2D eigenvalue weighted by atomic mass is 10.0. The minimum atomic E-state index is -0.918. The maximum Gasteiger partial charge on any atom is 0.317 e. The van der Waals surface area contributed by atoms with Gasteiger partial charge in [-0.1, -0.05) is 6.07 Å². The van der Waals surface area contributed by atoms with E-state index >= 15 is 0 Å². The molecule has 12 nitrogen and oxygen atoms in total. The summed E-state index contributed by atoms with van der Waals surface area (Å²) in [5.74, 6) is -3.40. The first kappa shape index (κ1) is 23.0. The molecule has 0 aliphatic rings. The van der Waals surface area contributed by atoms with Gasteiger partial charge >= 0.3 is 17.3 Å². The van der Waals surface area contributed by atoms with Crippen LogP contribution in [-0.4, -0.2) is 41.3 Å². The number of phenolic OH excluding ortho intramolecular Hbond substituents is 4. The van der Waals surface area contributed by atoms with E-state index in [1.807, 2.05) is 0 Å². The van der Waals surface area contributed by atoms with Gasteiger partial charge in [0.15, 0.2) is 11.5 Å². The van der Waals surface area contributed by atoms with E-state index in [0.29, 0.717) is 12.8 Å². The highest BCUT2D eigenvalue weighted by Crippen LogP contribution is 2.38. The predicted octanol–water partition coefficient (Wildman–Crippen LogP) is 2.81. The number of carboxylic acid groups (broad SMARTS) is 1. The summed E-state index contributed by atoms with van der Waals surface area (Å²) in [6.45, 7) is 0. The van der Waals surface area contributed by atoms with Crippen LogP contribution in [0.4, 0.5) is 11.4 Å². The normalized spacial score (nSPS) is 9.93. The van der Waals surface area contributed by atoms with E-state index in [4.69, 9.17) is 15.3 Å². The lowest BCUT2D eigenvalue weighted by molar-refractivity contribution is -0.386. The van der Waals surface area contributed by atoms with Crippen molar-refractivity contribution in [3.05, 3.63) is 56.1 Å². The van der Waals surface area contributed by atoms with Crippen LogP contribution < -0.4 is 0 Å². The van der Waals surface area contributed by atoms with Gasteiger partial charge in [-0.25, -0.2) is 0 Å². The van der Waals surface area contributed by atoms with Crippen LogP contribution >= 0.6 is 0 Å². The van der Waals surface area contributed by atoms with E-state index in [0.717, 1.165) is 6.07 Å². The van der Waals surface area contributed by atoms with E-state index in [2.05, 4.69) is 0 Å². The molecular formula is C17H18N2O10. The van der Waals surface area contributed by atoms with Gasteiger partial charge in [0.25, 0.3) is 0 Å². The molecule has 0 radical (unpaired) electrons. The molecule has 2 rings (SSSR count). The van der Waals surface area contributed by atoms with E-state index in [9.17, 15) is 35.2 Å². The number of unbranched alkanes of at least 4 members (excludes halogenated alkanes) is 1.